The van der Waals surface area contributed by atoms with E-state index in [0.717, 1.165) is 16.9 Å². The molecule has 0 spiro atoms. The van der Waals surface area contributed by atoms with Crippen LogP contribution >= 0.6 is 0 Å². The molecule has 6 heteroatoms. The molecule has 1 unspecified atom stereocenters. The second-order valence-corrected chi connectivity index (χ2v) is 8.97. The van der Waals surface area contributed by atoms with Crippen LogP contribution in [0.1, 0.15) is 18.0 Å². The van der Waals surface area contributed by atoms with Gasteiger partial charge < -0.3 is 23.2 Å². The molecule has 0 amide bonds. The molecule has 0 aliphatic rings. The maximum Gasteiger partial charge on any atom is 0.500 e. The Hall–Kier alpha value is -0.763. The SMILES string of the molecule is CO[Si](CCC(c1ccccc1)[N+](C)(C)C)(OC)OC.[OH-]. The van der Waals surface area contributed by atoms with Crippen molar-refractivity contribution in [3.05, 3.63) is 35.9 Å². The number of benzene rings is 1. The van der Waals surface area contributed by atoms with Gasteiger partial charge in [-0.25, -0.2) is 0 Å². The molecule has 0 bridgehead atoms. The molecule has 1 aromatic rings. The van der Waals surface area contributed by atoms with Crippen molar-refractivity contribution in [2.45, 2.75) is 18.5 Å². The van der Waals surface area contributed by atoms with Gasteiger partial charge in [-0.05, 0) is 0 Å². The van der Waals surface area contributed by atoms with Gasteiger partial charge in [0.15, 0.2) is 0 Å². The molecule has 1 N–H and O–H groups in total. The lowest BCUT2D eigenvalue weighted by Gasteiger charge is -2.36. The van der Waals surface area contributed by atoms with E-state index >= 15 is 0 Å². The summed E-state index contributed by atoms with van der Waals surface area (Å²) in [6.45, 7) is 0. The van der Waals surface area contributed by atoms with Crippen LogP contribution in [0.5, 0.6) is 0 Å². The molecular formula is C15H29NO4Si. The van der Waals surface area contributed by atoms with Crippen LogP contribution in [0.2, 0.25) is 6.04 Å². The molecule has 0 aliphatic heterocycles. The number of rotatable bonds is 8. The molecule has 21 heavy (non-hydrogen) atoms. The molecular weight excluding hydrogens is 286 g/mol. The highest BCUT2D eigenvalue weighted by atomic mass is 28.4. The fourth-order valence-corrected chi connectivity index (χ4v) is 4.29. The fourth-order valence-electron chi connectivity index (χ4n) is 2.55. The Balaban J connectivity index is 0.00000400. The van der Waals surface area contributed by atoms with Crippen LogP contribution in [0, 0.1) is 0 Å². The third kappa shape index (κ3) is 5.50. The second kappa shape index (κ2) is 8.62. The number of quaternary nitrogens is 1. The van der Waals surface area contributed by atoms with E-state index in [0.29, 0.717) is 6.04 Å². The average Bonchev–Trinajstić information content (AvgIpc) is 2.44. The summed E-state index contributed by atoms with van der Waals surface area (Å²) in [5.74, 6) is 0. The average molecular weight is 315 g/mol. The van der Waals surface area contributed by atoms with Crippen molar-refractivity contribution in [3.63, 3.8) is 0 Å². The summed E-state index contributed by atoms with van der Waals surface area (Å²) in [7, 11) is 9.15. The quantitative estimate of drug-likeness (QED) is 0.546. The lowest BCUT2D eigenvalue weighted by atomic mass is 10.0. The van der Waals surface area contributed by atoms with Crippen molar-refractivity contribution < 1.29 is 23.2 Å². The highest BCUT2D eigenvalue weighted by molar-refractivity contribution is 6.60. The van der Waals surface area contributed by atoms with Crippen LogP contribution in [0.15, 0.2) is 30.3 Å². The Morgan fingerprint density at radius 2 is 1.43 bits per heavy atom. The van der Waals surface area contributed by atoms with Crippen molar-refractivity contribution in [1.29, 1.82) is 0 Å². The smallest absolute Gasteiger partial charge is 0.500 e. The van der Waals surface area contributed by atoms with Gasteiger partial charge in [0.1, 0.15) is 6.04 Å². The van der Waals surface area contributed by atoms with Crippen LogP contribution in [0.3, 0.4) is 0 Å². The minimum Gasteiger partial charge on any atom is -0.870 e. The molecule has 0 aromatic heterocycles. The normalized spacial score (nSPS) is 13.6. The summed E-state index contributed by atoms with van der Waals surface area (Å²) in [5, 5.41) is 0. The summed E-state index contributed by atoms with van der Waals surface area (Å²) in [4.78, 5) is 0. The van der Waals surface area contributed by atoms with Gasteiger partial charge in [0.2, 0.25) is 0 Å². The van der Waals surface area contributed by atoms with E-state index in [1.807, 2.05) is 0 Å². The minimum absolute atomic E-state index is 0. The van der Waals surface area contributed by atoms with Gasteiger partial charge >= 0.3 is 8.80 Å². The zero-order valence-corrected chi connectivity index (χ0v) is 15.0. The van der Waals surface area contributed by atoms with Gasteiger partial charge in [-0.2, -0.15) is 0 Å². The first kappa shape index (κ1) is 20.2. The first-order chi connectivity index (χ1) is 9.38. The van der Waals surface area contributed by atoms with E-state index < -0.39 is 8.80 Å². The predicted molar refractivity (Wildman–Crippen MR) is 85.4 cm³/mol. The molecule has 0 saturated heterocycles. The monoisotopic (exact) mass is 315 g/mol. The van der Waals surface area contributed by atoms with Crippen LogP contribution in [-0.4, -0.2) is 61.2 Å². The summed E-state index contributed by atoms with van der Waals surface area (Å²) < 4.78 is 17.4. The van der Waals surface area contributed by atoms with E-state index in [2.05, 4.69) is 51.5 Å². The lowest BCUT2D eigenvalue weighted by molar-refractivity contribution is -0.902. The molecule has 0 saturated carbocycles. The van der Waals surface area contributed by atoms with Gasteiger partial charge in [-0.15, -0.1) is 0 Å². The second-order valence-electron chi connectivity index (χ2n) is 5.88. The van der Waals surface area contributed by atoms with Gasteiger partial charge in [0.25, 0.3) is 0 Å². The third-order valence-electron chi connectivity index (χ3n) is 3.78. The third-order valence-corrected chi connectivity index (χ3v) is 6.54. The molecule has 1 atom stereocenters. The van der Waals surface area contributed by atoms with Crippen molar-refractivity contribution >= 4 is 8.80 Å². The van der Waals surface area contributed by atoms with E-state index in [4.69, 9.17) is 13.3 Å². The van der Waals surface area contributed by atoms with Gasteiger partial charge in [0.05, 0.1) is 21.1 Å². The van der Waals surface area contributed by atoms with Crippen LogP contribution in [0.4, 0.5) is 0 Å². The number of hydrogen-bond donors (Lipinski definition) is 0. The summed E-state index contributed by atoms with van der Waals surface area (Å²) in [6.07, 6.45) is 0.968. The zero-order valence-electron chi connectivity index (χ0n) is 14.0. The highest BCUT2D eigenvalue weighted by Gasteiger charge is 2.40. The van der Waals surface area contributed by atoms with Crippen molar-refractivity contribution in [2.24, 2.45) is 0 Å². The topological polar surface area (TPSA) is 57.7 Å². The van der Waals surface area contributed by atoms with Gasteiger partial charge in [-0.3, -0.25) is 0 Å². The Kier molecular flexibility index (Phi) is 8.31. The fraction of sp³-hybridized carbons (Fsp3) is 0.600. The first-order valence-corrected chi connectivity index (χ1v) is 8.83. The van der Waals surface area contributed by atoms with E-state index in [9.17, 15) is 0 Å². The van der Waals surface area contributed by atoms with Crippen LogP contribution in [-0.2, 0) is 13.3 Å². The number of nitrogens with zero attached hydrogens (tertiary/aromatic N) is 1. The summed E-state index contributed by atoms with van der Waals surface area (Å²) in [6, 6.07) is 11.8. The molecule has 0 radical (unpaired) electrons. The first-order valence-electron chi connectivity index (χ1n) is 6.90. The Morgan fingerprint density at radius 1 is 0.952 bits per heavy atom. The van der Waals surface area contributed by atoms with Crippen molar-refractivity contribution in [2.75, 3.05) is 42.5 Å². The largest absolute Gasteiger partial charge is 0.870 e. The lowest BCUT2D eigenvalue weighted by Crippen LogP contribution is -2.45. The van der Waals surface area contributed by atoms with Crippen LogP contribution < -0.4 is 0 Å². The Bertz CT molecular complexity index is 382. The summed E-state index contributed by atoms with van der Waals surface area (Å²) in [5.41, 5.74) is 1.34. The van der Waals surface area contributed by atoms with E-state index in [1.165, 1.54) is 5.56 Å². The van der Waals surface area contributed by atoms with Crippen molar-refractivity contribution in [1.82, 2.24) is 0 Å². The van der Waals surface area contributed by atoms with E-state index in [1.54, 1.807) is 21.3 Å². The van der Waals surface area contributed by atoms with Crippen molar-refractivity contribution in [3.8, 4) is 0 Å². The standard InChI is InChI=1S/C15H28NO3Si.H2O/c1-16(2,3)15(14-10-8-7-9-11-14)12-13-20(17-4,18-5)19-6;/h7-11,15H,12-13H2,1-6H3;1H2/q+1;/p-1. The highest BCUT2D eigenvalue weighted by Crippen LogP contribution is 2.31. The zero-order chi connectivity index (χ0) is 15.2. The molecule has 1 aromatic carbocycles. The van der Waals surface area contributed by atoms with Gasteiger partial charge in [-0.1, -0.05) is 30.3 Å². The molecule has 0 aliphatic carbocycles. The molecule has 0 fully saturated rings. The number of hydrogen-bond acceptors (Lipinski definition) is 4. The molecule has 1 rings (SSSR count). The van der Waals surface area contributed by atoms with Crippen LogP contribution in [0.25, 0.3) is 0 Å². The predicted octanol–water partition coefficient (Wildman–Crippen LogP) is 2.53. The maximum atomic E-state index is 5.52. The Morgan fingerprint density at radius 3 is 1.81 bits per heavy atom. The van der Waals surface area contributed by atoms with E-state index in [-0.39, 0.29) is 5.48 Å². The minimum atomic E-state index is -2.50. The molecule has 5 nitrogen and oxygen atoms in total. The van der Waals surface area contributed by atoms with Gasteiger partial charge in [0, 0.05) is 39.4 Å². The molecule has 122 valence electrons. The Labute approximate surface area is 129 Å². The maximum absolute atomic E-state index is 5.52. The molecule has 0 heterocycles. The summed E-state index contributed by atoms with van der Waals surface area (Å²) >= 11 is 0.